The predicted octanol–water partition coefficient (Wildman–Crippen LogP) is 2.37. The molecule has 0 aliphatic carbocycles. The summed E-state index contributed by atoms with van der Waals surface area (Å²) >= 11 is 0. The number of carbonyl (C=O) groups excluding carboxylic acids is 1. The van der Waals surface area contributed by atoms with Gasteiger partial charge in [0.15, 0.2) is 0 Å². The van der Waals surface area contributed by atoms with Crippen molar-refractivity contribution in [2.75, 3.05) is 13.1 Å². The summed E-state index contributed by atoms with van der Waals surface area (Å²) in [5.41, 5.74) is -0.274. The average molecular weight is 359 g/mol. The molecule has 6 nitrogen and oxygen atoms in total. The van der Waals surface area contributed by atoms with Crippen LogP contribution < -0.4 is 0 Å². The first-order valence-electron chi connectivity index (χ1n) is 8.68. The van der Waals surface area contributed by atoms with Crippen LogP contribution in [0.1, 0.15) is 30.7 Å². The Morgan fingerprint density at radius 3 is 2.62 bits per heavy atom. The third-order valence-electron chi connectivity index (χ3n) is 5.14. The number of carboxylic acids is 1. The molecule has 0 atom stereocenters. The van der Waals surface area contributed by atoms with E-state index in [4.69, 9.17) is 0 Å². The van der Waals surface area contributed by atoms with Gasteiger partial charge in [0.05, 0.1) is 0 Å². The summed E-state index contributed by atoms with van der Waals surface area (Å²) in [6.45, 7) is 2.54. The third kappa shape index (κ3) is 3.47. The Balaban J connectivity index is 1.62. The molecule has 0 bridgehead atoms. The normalized spacial score (nSPS) is 16.5. The van der Waals surface area contributed by atoms with Gasteiger partial charge in [-0.05, 0) is 43.9 Å². The molecule has 3 rings (SSSR count). The number of piperidine rings is 1. The van der Waals surface area contributed by atoms with E-state index in [1.807, 2.05) is 0 Å². The van der Waals surface area contributed by atoms with Gasteiger partial charge in [-0.15, -0.1) is 0 Å². The topological polar surface area (TPSA) is 75.4 Å². The Bertz CT molecular complexity index is 810. The van der Waals surface area contributed by atoms with Gasteiger partial charge in [0.1, 0.15) is 17.2 Å². The van der Waals surface area contributed by atoms with Gasteiger partial charge in [-0.3, -0.25) is 4.79 Å². The lowest BCUT2D eigenvalue weighted by Crippen LogP contribution is -2.52. The summed E-state index contributed by atoms with van der Waals surface area (Å²) in [5.74, 6) is -0.589. The van der Waals surface area contributed by atoms with E-state index in [1.165, 1.54) is 12.1 Å². The van der Waals surface area contributed by atoms with E-state index in [0.29, 0.717) is 38.2 Å². The van der Waals surface area contributed by atoms with E-state index >= 15 is 0 Å². The van der Waals surface area contributed by atoms with Crippen molar-refractivity contribution < 1.29 is 19.1 Å². The quantitative estimate of drug-likeness (QED) is 0.889. The first-order chi connectivity index (χ1) is 12.4. The number of carbonyl (C=O) groups is 2. The molecular weight excluding hydrogens is 337 g/mol. The fraction of sp³-hybridized carbons (Fsp3) is 0.421. The second-order valence-electron chi connectivity index (χ2n) is 6.69. The molecule has 1 amide bonds. The number of benzene rings is 1. The van der Waals surface area contributed by atoms with Gasteiger partial charge in [0, 0.05) is 31.9 Å². The van der Waals surface area contributed by atoms with Crippen LogP contribution in [0.15, 0.2) is 36.7 Å². The molecule has 1 aliphatic rings. The van der Waals surface area contributed by atoms with Crippen LogP contribution in [0.4, 0.5) is 4.39 Å². The van der Waals surface area contributed by atoms with Crippen molar-refractivity contribution in [1.82, 2.24) is 14.5 Å². The van der Waals surface area contributed by atoms with Crippen LogP contribution in [-0.4, -0.2) is 44.5 Å². The highest BCUT2D eigenvalue weighted by molar-refractivity contribution is 5.79. The van der Waals surface area contributed by atoms with Crippen molar-refractivity contribution in [3.8, 4) is 0 Å². The highest BCUT2D eigenvalue weighted by Gasteiger charge is 2.44. The Morgan fingerprint density at radius 2 is 2.04 bits per heavy atom. The average Bonchev–Trinajstić information content (AvgIpc) is 3.06. The number of rotatable bonds is 5. The zero-order valence-corrected chi connectivity index (χ0v) is 14.7. The standard InChI is InChI=1S/C19H22FN3O3/c1-14-21-9-12-23(14)19(18(25)26)7-10-22(11-8-19)17(24)6-5-15-3-2-4-16(20)13-15/h2-4,9,12-13H,5-8,10-11H2,1H3,(H,25,26). The zero-order valence-electron chi connectivity index (χ0n) is 14.7. The minimum Gasteiger partial charge on any atom is -0.479 e. The molecule has 2 heterocycles. The van der Waals surface area contributed by atoms with Gasteiger partial charge in [0.25, 0.3) is 0 Å². The molecule has 0 spiro atoms. The Morgan fingerprint density at radius 1 is 1.31 bits per heavy atom. The van der Waals surface area contributed by atoms with E-state index in [9.17, 15) is 19.1 Å². The van der Waals surface area contributed by atoms with Crippen molar-refractivity contribution >= 4 is 11.9 Å². The Kier molecular flexibility index (Phi) is 5.06. The Labute approximate surface area is 151 Å². The molecule has 1 aromatic carbocycles. The Hall–Kier alpha value is -2.70. The van der Waals surface area contributed by atoms with E-state index in [-0.39, 0.29) is 18.1 Å². The first-order valence-corrected chi connectivity index (χ1v) is 8.68. The lowest BCUT2D eigenvalue weighted by Gasteiger charge is -2.40. The number of aromatic nitrogens is 2. The lowest BCUT2D eigenvalue weighted by atomic mass is 9.86. The number of amides is 1. The summed E-state index contributed by atoms with van der Waals surface area (Å²) in [4.78, 5) is 30.2. The van der Waals surface area contributed by atoms with E-state index in [1.54, 1.807) is 40.9 Å². The van der Waals surface area contributed by atoms with Crippen LogP contribution in [0, 0.1) is 12.7 Å². The fourth-order valence-electron chi connectivity index (χ4n) is 3.62. The van der Waals surface area contributed by atoms with Gasteiger partial charge in [-0.25, -0.2) is 14.2 Å². The number of hydrogen-bond acceptors (Lipinski definition) is 3. The number of imidazole rings is 1. The summed E-state index contributed by atoms with van der Waals surface area (Å²) in [6, 6.07) is 6.23. The molecule has 1 N–H and O–H groups in total. The third-order valence-corrected chi connectivity index (χ3v) is 5.14. The molecule has 138 valence electrons. The minimum absolute atomic E-state index is 0.0318. The van der Waals surface area contributed by atoms with Crippen LogP contribution >= 0.6 is 0 Å². The van der Waals surface area contributed by atoms with Crippen LogP contribution in [0.25, 0.3) is 0 Å². The highest BCUT2D eigenvalue weighted by Crippen LogP contribution is 2.32. The van der Waals surface area contributed by atoms with Crippen LogP contribution in [0.2, 0.25) is 0 Å². The van der Waals surface area contributed by atoms with Crippen molar-refractivity contribution in [3.63, 3.8) is 0 Å². The summed E-state index contributed by atoms with van der Waals surface area (Å²) < 4.78 is 14.9. The van der Waals surface area contributed by atoms with Crippen molar-refractivity contribution in [1.29, 1.82) is 0 Å². The molecule has 7 heteroatoms. The molecule has 0 radical (unpaired) electrons. The van der Waals surface area contributed by atoms with E-state index < -0.39 is 11.5 Å². The number of likely N-dealkylation sites (tertiary alicyclic amines) is 1. The smallest absolute Gasteiger partial charge is 0.330 e. The van der Waals surface area contributed by atoms with Crippen LogP contribution in [0.5, 0.6) is 0 Å². The fourth-order valence-corrected chi connectivity index (χ4v) is 3.62. The maximum atomic E-state index is 13.2. The van der Waals surface area contributed by atoms with Crippen molar-refractivity contribution in [2.45, 2.75) is 38.1 Å². The number of nitrogens with zero attached hydrogens (tertiary/aromatic N) is 3. The van der Waals surface area contributed by atoms with Crippen LogP contribution in [-0.2, 0) is 21.5 Å². The molecule has 1 saturated heterocycles. The minimum atomic E-state index is -1.06. The molecule has 26 heavy (non-hydrogen) atoms. The first kappa shape index (κ1) is 18.1. The molecular formula is C19H22FN3O3. The molecule has 1 aliphatic heterocycles. The predicted molar refractivity (Wildman–Crippen MR) is 93.1 cm³/mol. The number of halogens is 1. The van der Waals surface area contributed by atoms with Gasteiger partial charge < -0.3 is 14.6 Å². The van der Waals surface area contributed by atoms with Gasteiger partial charge >= 0.3 is 5.97 Å². The maximum Gasteiger partial charge on any atom is 0.330 e. The van der Waals surface area contributed by atoms with Gasteiger partial charge in [-0.2, -0.15) is 0 Å². The summed E-state index contributed by atoms with van der Waals surface area (Å²) in [6.07, 6.45) is 4.71. The number of aryl methyl sites for hydroxylation is 2. The lowest BCUT2D eigenvalue weighted by molar-refractivity contribution is -0.152. The number of aliphatic carboxylic acids is 1. The highest BCUT2D eigenvalue weighted by atomic mass is 19.1. The second-order valence-corrected chi connectivity index (χ2v) is 6.69. The number of carboxylic acid groups (broad SMARTS) is 1. The molecule has 1 fully saturated rings. The van der Waals surface area contributed by atoms with Gasteiger partial charge in [0.2, 0.25) is 5.91 Å². The molecule has 0 saturated carbocycles. The van der Waals surface area contributed by atoms with Crippen molar-refractivity contribution in [2.24, 2.45) is 0 Å². The maximum absolute atomic E-state index is 13.2. The molecule has 1 aromatic heterocycles. The summed E-state index contributed by atoms with van der Waals surface area (Å²) in [7, 11) is 0. The van der Waals surface area contributed by atoms with Crippen LogP contribution in [0.3, 0.4) is 0 Å². The zero-order chi connectivity index (χ0) is 18.7. The van der Waals surface area contributed by atoms with E-state index in [0.717, 1.165) is 5.56 Å². The molecule has 2 aromatic rings. The largest absolute Gasteiger partial charge is 0.479 e. The second kappa shape index (κ2) is 7.27. The SMILES string of the molecule is Cc1nccn1C1(C(=O)O)CCN(C(=O)CCc2cccc(F)c2)CC1. The molecule has 0 unspecified atom stereocenters. The van der Waals surface area contributed by atoms with E-state index in [2.05, 4.69) is 4.98 Å². The van der Waals surface area contributed by atoms with Crippen molar-refractivity contribution in [3.05, 3.63) is 53.9 Å². The monoisotopic (exact) mass is 359 g/mol. The summed E-state index contributed by atoms with van der Waals surface area (Å²) in [5, 5.41) is 9.80. The number of hydrogen-bond donors (Lipinski definition) is 1. The van der Waals surface area contributed by atoms with Gasteiger partial charge in [-0.1, -0.05) is 12.1 Å².